The quantitative estimate of drug-likeness (QED) is 0.254. The lowest BCUT2D eigenvalue weighted by molar-refractivity contribution is -0.122. The van der Waals surface area contributed by atoms with Crippen LogP contribution in [-0.2, 0) is 19.7 Å². The van der Waals surface area contributed by atoms with Crippen molar-refractivity contribution in [1.29, 1.82) is 0 Å². The monoisotopic (exact) mass is 590 g/mol. The van der Waals surface area contributed by atoms with Gasteiger partial charge < -0.3 is 8.92 Å². The molecule has 1 aliphatic heterocycles. The molecule has 1 fully saturated rings. The number of rotatable bonds is 6. The normalized spacial score (nSPS) is 15.1. The van der Waals surface area contributed by atoms with E-state index < -0.39 is 28.0 Å². The summed E-state index contributed by atoms with van der Waals surface area (Å²) in [5.41, 5.74) is 0.0397. The Balaban J connectivity index is 1.72. The Bertz CT molecular complexity index is 1520. The maximum atomic E-state index is 13.1. The van der Waals surface area contributed by atoms with Gasteiger partial charge in [-0.05, 0) is 64.0 Å². The number of anilines is 1. The van der Waals surface area contributed by atoms with Gasteiger partial charge in [-0.15, -0.1) is 0 Å². The van der Waals surface area contributed by atoms with E-state index in [0.29, 0.717) is 0 Å². The van der Waals surface area contributed by atoms with Gasteiger partial charge in [-0.25, -0.2) is 9.69 Å². The summed E-state index contributed by atoms with van der Waals surface area (Å²) in [6.07, 6.45) is 1.23. The molecule has 3 aromatic rings. The molecule has 4 amide bonds. The predicted octanol–water partition coefficient (Wildman–Crippen LogP) is 4.55. The fourth-order valence-corrected chi connectivity index (χ4v) is 5.17. The van der Waals surface area contributed by atoms with E-state index in [0.717, 1.165) is 4.90 Å². The molecule has 0 aliphatic carbocycles. The molecule has 1 N–H and O–H groups in total. The third kappa shape index (κ3) is 4.99. The van der Waals surface area contributed by atoms with Crippen molar-refractivity contribution in [3.63, 3.8) is 0 Å². The van der Waals surface area contributed by atoms with Gasteiger partial charge in [0.05, 0.1) is 22.3 Å². The molecule has 3 aromatic carbocycles. The highest BCUT2D eigenvalue weighted by Gasteiger charge is 2.37. The Labute approximate surface area is 219 Å². The molecule has 12 heteroatoms. The summed E-state index contributed by atoms with van der Waals surface area (Å²) in [5.74, 6) is -1.91. The molecule has 1 aliphatic rings. The first-order chi connectivity index (χ1) is 17.1. The van der Waals surface area contributed by atoms with Crippen LogP contribution in [0.15, 0.2) is 81.7 Å². The van der Waals surface area contributed by atoms with E-state index in [1.807, 2.05) is 0 Å². The molecule has 0 radical (unpaired) electrons. The average Bonchev–Trinajstić information content (AvgIpc) is 2.84. The number of hydrogen-bond acceptors (Lipinski definition) is 7. The van der Waals surface area contributed by atoms with E-state index in [4.69, 9.17) is 20.5 Å². The minimum atomic E-state index is -4.17. The van der Waals surface area contributed by atoms with Crippen molar-refractivity contribution >= 4 is 67.3 Å². The zero-order chi connectivity index (χ0) is 26.0. The number of nitrogens with zero attached hydrogens (tertiary/aromatic N) is 1. The first-order valence-corrected chi connectivity index (χ1v) is 12.7. The lowest BCUT2D eigenvalue weighted by atomic mass is 10.1. The number of benzene rings is 3. The minimum absolute atomic E-state index is 0.0124. The number of para-hydroxylation sites is 1. The molecule has 1 heterocycles. The van der Waals surface area contributed by atoms with Crippen LogP contribution in [0, 0.1) is 0 Å². The number of barbiturate groups is 1. The summed E-state index contributed by atoms with van der Waals surface area (Å²) in [5, 5.41) is 2.25. The van der Waals surface area contributed by atoms with Crippen LogP contribution < -0.4 is 19.1 Å². The third-order valence-electron chi connectivity index (χ3n) is 4.98. The van der Waals surface area contributed by atoms with Crippen LogP contribution in [0.25, 0.3) is 6.08 Å². The molecule has 9 nitrogen and oxygen atoms in total. The molecular formula is C24H16BrClN2O7S. The second-order valence-electron chi connectivity index (χ2n) is 7.29. The number of carbonyl (C=O) groups excluding carboxylic acids is 3. The number of urea groups is 1. The molecule has 1 saturated heterocycles. The van der Waals surface area contributed by atoms with Crippen LogP contribution in [0.2, 0.25) is 5.02 Å². The summed E-state index contributed by atoms with van der Waals surface area (Å²) in [4.78, 5) is 38.7. The molecule has 0 spiro atoms. The van der Waals surface area contributed by atoms with Gasteiger partial charge in [0.2, 0.25) is 0 Å². The largest absolute Gasteiger partial charge is 0.493 e. The number of nitrogens with one attached hydrogen (secondary N) is 1. The number of halogens is 2. The van der Waals surface area contributed by atoms with Crippen LogP contribution in [0.4, 0.5) is 10.5 Å². The van der Waals surface area contributed by atoms with Gasteiger partial charge in [-0.3, -0.25) is 14.9 Å². The van der Waals surface area contributed by atoms with Crippen molar-refractivity contribution in [2.45, 2.75) is 4.90 Å². The van der Waals surface area contributed by atoms with Crippen LogP contribution >= 0.6 is 27.5 Å². The fraction of sp³-hybridized carbons (Fsp3) is 0.0417. The van der Waals surface area contributed by atoms with Gasteiger partial charge in [-0.1, -0.05) is 41.9 Å². The Morgan fingerprint density at radius 2 is 1.67 bits per heavy atom. The van der Waals surface area contributed by atoms with Gasteiger partial charge >= 0.3 is 16.1 Å². The van der Waals surface area contributed by atoms with E-state index in [1.54, 1.807) is 30.3 Å². The van der Waals surface area contributed by atoms with Gasteiger partial charge in [0, 0.05) is 0 Å². The van der Waals surface area contributed by atoms with E-state index in [9.17, 15) is 22.8 Å². The molecule has 4 rings (SSSR count). The van der Waals surface area contributed by atoms with Crippen molar-refractivity contribution in [2.75, 3.05) is 12.0 Å². The van der Waals surface area contributed by atoms with Gasteiger partial charge in [-0.2, -0.15) is 8.42 Å². The summed E-state index contributed by atoms with van der Waals surface area (Å²) in [6.45, 7) is 0. The Kier molecular flexibility index (Phi) is 7.16. The predicted molar refractivity (Wildman–Crippen MR) is 135 cm³/mol. The number of ether oxygens (including phenoxy) is 1. The summed E-state index contributed by atoms with van der Waals surface area (Å²) in [6, 6.07) is 15.6. The molecule has 0 bridgehead atoms. The summed E-state index contributed by atoms with van der Waals surface area (Å²) in [7, 11) is -2.87. The summed E-state index contributed by atoms with van der Waals surface area (Å²) >= 11 is 9.40. The van der Waals surface area contributed by atoms with Crippen LogP contribution in [0.3, 0.4) is 0 Å². The zero-order valence-electron chi connectivity index (χ0n) is 18.4. The van der Waals surface area contributed by atoms with Crippen LogP contribution in [0.1, 0.15) is 5.56 Å². The van der Waals surface area contributed by atoms with Crippen LogP contribution in [-0.4, -0.2) is 33.4 Å². The van der Waals surface area contributed by atoms with Crippen molar-refractivity contribution in [1.82, 2.24) is 5.32 Å². The number of amides is 4. The molecule has 0 aromatic heterocycles. The zero-order valence-corrected chi connectivity index (χ0v) is 21.6. The second-order valence-corrected chi connectivity index (χ2v) is 10.1. The van der Waals surface area contributed by atoms with E-state index in [1.165, 1.54) is 49.6 Å². The van der Waals surface area contributed by atoms with Crippen LogP contribution in [0.5, 0.6) is 11.5 Å². The van der Waals surface area contributed by atoms with Crippen molar-refractivity contribution < 1.29 is 31.7 Å². The highest BCUT2D eigenvalue weighted by atomic mass is 79.9. The molecule has 184 valence electrons. The topological polar surface area (TPSA) is 119 Å². The molecular weight excluding hydrogens is 576 g/mol. The lowest BCUT2D eigenvalue weighted by Gasteiger charge is -2.27. The molecule has 0 unspecified atom stereocenters. The van der Waals surface area contributed by atoms with Gasteiger partial charge in [0.15, 0.2) is 11.5 Å². The van der Waals surface area contributed by atoms with Crippen molar-refractivity contribution in [3.05, 3.63) is 87.4 Å². The second kappa shape index (κ2) is 10.1. The first kappa shape index (κ1) is 25.4. The Morgan fingerprint density at radius 3 is 2.33 bits per heavy atom. The number of carbonyl (C=O) groups is 3. The smallest absolute Gasteiger partial charge is 0.339 e. The standard InChI is InChI=1S/C24H16BrClN2O7S/c1-34-20-13-14(12-17(25)21(20)35-36(32,33)15-7-3-2-4-8-15)11-16-22(29)27-24(31)28(23(16)30)19-10-6-5-9-18(19)26/h2-13H,1H3,(H,27,29,31)/b16-11+. The summed E-state index contributed by atoms with van der Waals surface area (Å²) < 4.78 is 36.1. The van der Waals surface area contributed by atoms with E-state index in [2.05, 4.69) is 21.2 Å². The minimum Gasteiger partial charge on any atom is -0.493 e. The molecule has 36 heavy (non-hydrogen) atoms. The Morgan fingerprint density at radius 1 is 1.00 bits per heavy atom. The molecule has 0 saturated carbocycles. The van der Waals surface area contributed by atoms with Gasteiger partial charge in [0.1, 0.15) is 10.5 Å². The van der Waals surface area contributed by atoms with E-state index >= 15 is 0 Å². The Hall–Kier alpha value is -3.67. The van der Waals surface area contributed by atoms with Crippen molar-refractivity contribution in [2.24, 2.45) is 0 Å². The third-order valence-corrected chi connectivity index (χ3v) is 7.13. The van der Waals surface area contributed by atoms with E-state index in [-0.39, 0.29) is 42.7 Å². The number of methoxy groups -OCH3 is 1. The maximum Gasteiger partial charge on any atom is 0.339 e. The lowest BCUT2D eigenvalue weighted by Crippen LogP contribution is -2.54. The highest BCUT2D eigenvalue weighted by Crippen LogP contribution is 2.39. The SMILES string of the molecule is COc1cc(/C=C2\C(=O)NC(=O)N(c3ccccc3Cl)C2=O)cc(Br)c1OS(=O)(=O)c1ccccc1. The highest BCUT2D eigenvalue weighted by molar-refractivity contribution is 9.10. The van der Waals surface area contributed by atoms with Gasteiger partial charge in [0.25, 0.3) is 11.8 Å². The fourth-order valence-electron chi connectivity index (χ4n) is 3.32. The number of imide groups is 2. The maximum absolute atomic E-state index is 13.1. The average molecular weight is 592 g/mol. The molecule has 0 atom stereocenters. The first-order valence-electron chi connectivity index (χ1n) is 10.2. The van der Waals surface area contributed by atoms with Crippen molar-refractivity contribution in [3.8, 4) is 11.5 Å². The number of hydrogen-bond donors (Lipinski definition) is 1.